The normalized spacial score (nSPS) is 10.0. The molecule has 0 aliphatic carbocycles. The van der Waals surface area contributed by atoms with Crippen molar-refractivity contribution in [3.8, 4) is 5.75 Å². The van der Waals surface area contributed by atoms with Crippen LogP contribution in [-0.4, -0.2) is 18.8 Å². The highest BCUT2D eigenvalue weighted by Crippen LogP contribution is 2.26. The quantitative estimate of drug-likeness (QED) is 0.596. The molecule has 0 spiro atoms. The van der Waals surface area contributed by atoms with Crippen LogP contribution in [0, 0.1) is 5.82 Å². The van der Waals surface area contributed by atoms with Crippen LogP contribution >= 0.6 is 23.2 Å². The second kappa shape index (κ2) is 4.62. The summed E-state index contributed by atoms with van der Waals surface area (Å²) in [5, 5.41) is 0.233. The average Bonchev–Trinajstić information content (AvgIpc) is 2.19. The zero-order valence-electron chi connectivity index (χ0n) is 7.31. The number of hydrogen-bond donors (Lipinski definition) is 0. The Balaban J connectivity index is 3.29. The van der Waals surface area contributed by atoms with Crippen LogP contribution in [0.4, 0.5) is 4.39 Å². The average molecular weight is 237 g/mol. The fourth-order valence-corrected chi connectivity index (χ4v) is 1.34. The number of benzene rings is 1. The smallest absolute Gasteiger partial charge is 0.180 e. The molecule has 5 heteroatoms. The number of methoxy groups -OCH3 is 1. The number of hydrogen-bond acceptors (Lipinski definition) is 2. The first-order valence-corrected chi connectivity index (χ1v) is 4.63. The molecular weight excluding hydrogens is 230 g/mol. The van der Waals surface area contributed by atoms with Crippen molar-refractivity contribution in [2.75, 3.05) is 13.0 Å². The van der Waals surface area contributed by atoms with E-state index in [1.807, 2.05) is 0 Å². The van der Waals surface area contributed by atoms with Crippen LogP contribution in [0.2, 0.25) is 5.02 Å². The molecule has 0 saturated heterocycles. The van der Waals surface area contributed by atoms with Crippen molar-refractivity contribution in [3.63, 3.8) is 0 Å². The molecule has 1 aromatic carbocycles. The maximum absolute atomic E-state index is 13.4. The molecule has 0 fully saturated rings. The van der Waals surface area contributed by atoms with Gasteiger partial charge in [-0.15, -0.1) is 11.6 Å². The molecule has 0 amide bonds. The Hall–Kier alpha value is -0.800. The van der Waals surface area contributed by atoms with Crippen LogP contribution < -0.4 is 4.74 Å². The number of halogens is 3. The third-order valence-electron chi connectivity index (χ3n) is 1.65. The summed E-state index contributed by atoms with van der Waals surface area (Å²) >= 11 is 11.0. The van der Waals surface area contributed by atoms with E-state index >= 15 is 0 Å². The van der Waals surface area contributed by atoms with E-state index in [-0.39, 0.29) is 22.2 Å². The van der Waals surface area contributed by atoms with Gasteiger partial charge in [0.1, 0.15) is 0 Å². The van der Waals surface area contributed by atoms with E-state index in [1.165, 1.54) is 19.2 Å². The van der Waals surface area contributed by atoms with Crippen molar-refractivity contribution < 1.29 is 13.9 Å². The topological polar surface area (TPSA) is 26.3 Å². The Morgan fingerprint density at radius 1 is 1.57 bits per heavy atom. The molecule has 0 atom stereocenters. The van der Waals surface area contributed by atoms with Gasteiger partial charge in [0.25, 0.3) is 0 Å². The predicted octanol–water partition coefficient (Wildman–Crippen LogP) is 2.91. The lowest BCUT2D eigenvalue weighted by atomic mass is 10.1. The van der Waals surface area contributed by atoms with Gasteiger partial charge >= 0.3 is 0 Å². The van der Waals surface area contributed by atoms with Gasteiger partial charge in [0, 0.05) is 11.1 Å². The number of alkyl halides is 1. The summed E-state index contributed by atoms with van der Waals surface area (Å²) in [6.07, 6.45) is 0. The Bertz CT molecular complexity index is 366. The summed E-state index contributed by atoms with van der Waals surface area (Å²) in [6, 6.07) is 2.52. The van der Waals surface area contributed by atoms with Crippen molar-refractivity contribution in [3.05, 3.63) is 28.5 Å². The van der Waals surface area contributed by atoms with Crippen molar-refractivity contribution in [2.45, 2.75) is 0 Å². The van der Waals surface area contributed by atoms with Crippen molar-refractivity contribution >= 4 is 29.0 Å². The molecule has 76 valence electrons. The Labute approximate surface area is 90.6 Å². The van der Waals surface area contributed by atoms with Gasteiger partial charge in [0.05, 0.1) is 18.6 Å². The van der Waals surface area contributed by atoms with Gasteiger partial charge in [-0.2, -0.15) is 0 Å². The van der Waals surface area contributed by atoms with E-state index in [4.69, 9.17) is 27.9 Å². The predicted molar refractivity (Wildman–Crippen MR) is 53.0 cm³/mol. The van der Waals surface area contributed by atoms with Gasteiger partial charge < -0.3 is 4.74 Å². The fraction of sp³-hybridized carbons (Fsp3) is 0.222. The molecule has 0 heterocycles. The van der Waals surface area contributed by atoms with Crippen LogP contribution in [0.15, 0.2) is 12.1 Å². The lowest BCUT2D eigenvalue weighted by molar-refractivity contribution is 0.101. The first-order valence-electron chi connectivity index (χ1n) is 3.72. The molecule has 0 unspecified atom stereocenters. The molecule has 1 rings (SSSR count). The monoisotopic (exact) mass is 236 g/mol. The fourth-order valence-electron chi connectivity index (χ4n) is 0.988. The second-order valence-electron chi connectivity index (χ2n) is 2.53. The summed E-state index contributed by atoms with van der Waals surface area (Å²) in [4.78, 5) is 11.2. The molecule has 0 N–H and O–H groups in total. The first-order chi connectivity index (χ1) is 6.60. The molecule has 0 radical (unpaired) electrons. The van der Waals surface area contributed by atoms with Crippen molar-refractivity contribution in [1.29, 1.82) is 0 Å². The third kappa shape index (κ3) is 2.16. The Morgan fingerprint density at radius 3 is 2.71 bits per heavy atom. The van der Waals surface area contributed by atoms with Crippen molar-refractivity contribution in [2.24, 2.45) is 0 Å². The first kappa shape index (κ1) is 11.3. The van der Waals surface area contributed by atoms with Gasteiger partial charge in [-0.3, -0.25) is 4.79 Å². The highest BCUT2D eigenvalue weighted by molar-refractivity contribution is 6.33. The lowest BCUT2D eigenvalue weighted by Crippen LogP contribution is -2.05. The molecule has 1 aromatic rings. The van der Waals surface area contributed by atoms with Gasteiger partial charge in [-0.05, 0) is 6.07 Å². The maximum Gasteiger partial charge on any atom is 0.180 e. The zero-order valence-corrected chi connectivity index (χ0v) is 8.82. The highest BCUT2D eigenvalue weighted by Gasteiger charge is 2.16. The van der Waals surface area contributed by atoms with E-state index in [9.17, 15) is 9.18 Å². The largest absolute Gasteiger partial charge is 0.494 e. The van der Waals surface area contributed by atoms with E-state index in [2.05, 4.69) is 0 Å². The van der Waals surface area contributed by atoms with Crippen molar-refractivity contribution in [1.82, 2.24) is 0 Å². The standard InChI is InChI=1S/C9H7Cl2FO2/c1-14-8-3-5(11)2-6(9(8)12)7(13)4-10/h2-3H,4H2,1H3. The van der Waals surface area contributed by atoms with Crippen LogP contribution in [0.3, 0.4) is 0 Å². The molecule has 0 saturated carbocycles. The van der Waals surface area contributed by atoms with Gasteiger partial charge in [0.15, 0.2) is 17.3 Å². The minimum Gasteiger partial charge on any atom is -0.494 e. The molecular formula is C9H7Cl2FO2. The molecule has 0 bridgehead atoms. The number of carbonyl (C=O) groups excluding carboxylic acids is 1. The SMILES string of the molecule is COc1cc(Cl)cc(C(=O)CCl)c1F. The minimum atomic E-state index is -0.734. The van der Waals surface area contributed by atoms with Crippen LogP contribution in [0.5, 0.6) is 5.75 Å². The number of rotatable bonds is 3. The van der Waals surface area contributed by atoms with Crippen LogP contribution in [-0.2, 0) is 0 Å². The van der Waals surface area contributed by atoms with Crippen LogP contribution in [0.25, 0.3) is 0 Å². The van der Waals surface area contributed by atoms with E-state index in [0.29, 0.717) is 0 Å². The summed E-state index contributed by atoms with van der Waals surface area (Å²) in [5.74, 6) is -1.61. The summed E-state index contributed by atoms with van der Waals surface area (Å²) in [7, 11) is 1.30. The van der Waals surface area contributed by atoms with Crippen LogP contribution in [0.1, 0.15) is 10.4 Å². The zero-order chi connectivity index (χ0) is 10.7. The molecule has 0 aliphatic rings. The summed E-state index contributed by atoms with van der Waals surface area (Å²) in [5.41, 5.74) is -0.149. The molecule has 2 nitrogen and oxygen atoms in total. The summed E-state index contributed by atoms with van der Waals surface area (Å²) < 4.78 is 18.1. The van der Waals surface area contributed by atoms with E-state index in [1.54, 1.807) is 0 Å². The van der Waals surface area contributed by atoms with Gasteiger partial charge in [-0.25, -0.2) is 4.39 Å². The van der Waals surface area contributed by atoms with E-state index in [0.717, 1.165) is 0 Å². The number of Topliss-reactive ketones (excluding diaryl/α,β-unsaturated/α-hetero) is 1. The number of ether oxygens (including phenoxy) is 1. The summed E-state index contributed by atoms with van der Waals surface area (Å²) in [6.45, 7) is 0. The number of carbonyl (C=O) groups is 1. The highest BCUT2D eigenvalue weighted by atomic mass is 35.5. The minimum absolute atomic E-state index is 0.0639. The maximum atomic E-state index is 13.4. The lowest BCUT2D eigenvalue weighted by Gasteiger charge is -2.06. The van der Waals surface area contributed by atoms with Gasteiger partial charge in [0.2, 0.25) is 0 Å². The Morgan fingerprint density at radius 2 is 2.21 bits per heavy atom. The Kier molecular flexibility index (Phi) is 3.72. The van der Waals surface area contributed by atoms with Gasteiger partial charge in [-0.1, -0.05) is 11.6 Å². The van der Waals surface area contributed by atoms with E-state index < -0.39 is 11.6 Å². The number of ketones is 1. The molecule has 0 aliphatic heterocycles. The molecule has 0 aromatic heterocycles. The second-order valence-corrected chi connectivity index (χ2v) is 3.23. The third-order valence-corrected chi connectivity index (χ3v) is 2.11. The molecule has 14 heavy (non-hydrogen) atoms.